The van der Waals surface area contributed by atoms with Crippen molar-refractivity contribution in [1.29, 1.82) is 0 Å². The van der Waals surface area contributed by atoms with Gasteiger partial charge in [-0.3, -0.25) is 4.57 Å². The third kappa shape index (κ3) is 2.23. The number of imidazole rings is 1. The van der Waals surface area contributed by atoms with E-state index in [0.29, 0.717) is 29.3 Å². The predicted molar refractivity (Wildman–Crippen MR) is 77.4 cm³/mol. The van der Waals surface area contributed by atoms with Crippen molar-refractivity contribution < 1.29 is 14.3 Å². The Kier molecular flexibility index (Phi) is 3.07. The van der Waals surface area contributed by atoms with Gasteiger partial charge in [-0.2, -0.15) is 0 Å². The second kappa shape index (κ2) is 4.87. The van der Waals surface area contributed by atoms with Gasteiger partial charge in [0.2, 0.25) is 6.23 Å². The first-order valence-electron chi connectivity index (χ1n) is 6.91. The molecule has 2 atom stereocenters. The molecule has 0 saturated carbocycles. The average Bonchev–Trinajstić information content (AvgIpc) is 3.15. The van der Waals surface area contributed by atoms with Crippen LogP contribution in [-0.4, -0.2) is 43.7 Å². The summed E-state index contributed by atoms with van der Waals surface area (Å²) >= 11 is 6.01. The third-order valence-corrected chi connectivity index (χ3v) is 3.96. The van der Waals surface area contributed by atoms with Crippen molar-refractivity contribution in [3.63, 3.8) is 0 Å². The molecule has 0 aromatic carbocycles. The van der Waals surface area contributed by atoms with Crippen LogP contribution in [0.3, 0.4) is 0 Å². The van der Waals surface area contributed by atoms with E-state index >= 15 is 0 Å². The van der Waals surface area contributed by atoms with E-state index in [4.69, 9.17) is 25.9 Å². The number of fused-ring (bicyclic) bond motifs is 1. The largest absolute Gasteiger partial charge is 0.370 e. The Bertz CT molecular complexity index is 759. The molecule has 1 saturated heterocycles. The summed E-state index contributed by atoms with van der Waals surface area (Å²) in [5.74, 6) is -0.590. The zero-order chi connectivity index (χ0) is 15.3. The quantitative estimate of drug-likeness (QED) is 0.785. The van der Waals surface area contributed by atoms with E-state index < -0.39 is 5.79 Å². The Labute approximate surface area is 131 Å². The molecule has 0 spiro atoms. The van der Waals surface area contributed by atoms with E-state index in [2.05, 4.69) is 20.1 Å². The summed E-state index contributed by atoms with van der Waals surface area (Å²) in [5.41, 5.74) is 1.98. The SMILES string of the molecule is CC1(C)OC[C@H](C2=NO[C@H](n3cnc4c(Cl)ncnc43)C2)O1. The normalized spacial score (nSPS) is 27.1. The molecule has 116 valence electrons. The molecule has 0 unspecified atom stereocenters. The van der Waals surface area contributed by atoms with Gasteiger partial charge in [-0.05, 0) is 13.8 Å². The number of hydrogen-bond acceptors (Lipinski definition) is 7. The van der Waals surface area contributed by atoms with Crippen molar-refractivity contribution in [2.75, 3.05) is 6.61 Å². The molecule has 0 radical (unpaired) electrons. The van der Waals surface area contributed by atoms with E-state index in [1.165, 1.54) is 6.33 Å². The lowest BCUT2D eigenvalue weighted by Gasteiger charge is -2.16. The molecule has 8 nitrogen and oxygen atoms in total. The van der Waals surface area contributed by atoms with Gasteiger partial charge < -0.3 is 14.3 Å². The summed E-state index contributed by atoms with van der Waals surface area (Å²) in [7, 11) is 0. The van der Waals surface area contributed by atoms with Crippen molar-refractivity contribution in [3.8, 4) is 0 Å². The van der Waals surface area contributed by atoms with E-state index in [-0.39, 0.29) is 12.3 Å². The molecule has 2 aromatic heterocycles. The molecule has 4 heterocycles. The summed E-state index contributed by atoms with van der Waals surface area (Å²) in [6, 6.07) is 0. The topological polar surface area (TPSA) is 83.7 Å². The van der Waals surface area contributed by atoms with Gasteiger partial charge in [-0.1, -0.05) is 16.8 Å². The van der Waals surface area contributed by atoms with Gasteiger partial charge in [-0.15, -0.1) is 0 Å². The van der Waals surface area contributed by atoms with E-state index in [1.54, 1.807) is 10.9 Å². The molecule has 22 heavy (non-hydrogen) atoms. The summed E-state index contributed by atoms with van der Waals surface area (Å²) in [4.78, 5) is 17.9. The Hall–Kier alpha value is -1.77. The van der Waals surface area contributed by atoms with Gasteiger partial charge in [0.1, 0.15) is 24.3 Å². The first kappa shape index (κ1) is 13.9. The fraction of sp³-hybridized carbons (Fsp3) is 0.538. The summed E-state index contributed by atoms with van der Waals surface area (Å²) < 4.78 is 13.2. The average molecular weight is 324 g/mol. The summed E-state index contributed by atoms with van der Waals surface area (Å²) in [6.07, 6.45) is 3.10. The van der Waals surface area contributed by atoms with Crippen molar-refractivity contribution in [3.05, 3.63) is 17.8 Å². The molecule has 9 heteroatoms. The number of ether oxygens (including phenoxy) is 2. The second-order valence-corrected chi connectivity index (χ2v) is 6.01. The maximum Gasteiger partial charge on any atom is 0.211 e. The van der Waals surface area contributed by atoms with Crippen molar-refractivity contribution in [2.24, 2.45) is 5.16 Å². The van der Waals surface area contributed by atoms with Gasteiger partial charge in [0, 0.05) is 0 Å². The molecule has 2 aliphatic heterocycles. The van der Waals surface area contributed by atoms with Crippen LogP contribution in [0.5, 0.6) is 0 Å². The third-order valence-electron chi connectivity index (χ3n) is 3.68. The highest BCUT2D eigenvalue weighted by atomic mass is 35.5. The maximum atomic E-state index is 6.01. The van der Waals surface area contributed by atoms with Crippen LogP contribution in [0.25, 0.3) is 11.2 Å². The molecular formula is C13H14ClN5O3. The smallest absolute Gasteiger partial charge is 0.211 e. The minimum atomic E-state index is -0.590. The van der Waals surface area contributed by atoms with Crippen molar-refractivity contribution in [1.82, 2.24) is 19.5 Å². The number of rotatable bonds is 2. The Balaban J connectivity index is 1.55. The monoisotopic (exact) mass is 323 g/mol. The zero-order valence-corrected chi connectivity index (χ0v) is 12.8. The zero-order valence-electron chi connectivity index (χ0n) is 12.1. The first-order valence-corrected chi connectivity index (χ1v) is 7.29. The molecule has 0 bridgehead atoms. The number of nitrogens with zero attached hydrogens (tertiary/aromatic N) is 5. The molecule has 1 fully saturated rings. The summed E-state index contributed by atoms with van der Waals surface area (Å²) in [6.45, 7) is 4.23. The van der Waals surface area contributed by atoms with Gasteiger partial charge in [0.25, 0.3) is 0 Å². The van der Waals surface area contributed by atoms with Crippen molar-refractivity contribution >= 4 is 28.5 Å². The molecule has 4 rings (SSSR count). The highest BCUT2D eigenvalue weighted by molar-refractivity contribution is 6.33. The Morgan fingerprint density at radius 3 is 2.95 bits per heavy atom. The van der Waals surface area contributed by atoms with Crippen LogP contribution in [0.2, 0.25) is 5.15 Å². The van der Waals surface area contributed by atoms with Crippen LogP contribution >= 0.6 is 11.6 Å². The summed E-state index contributed by atoms with van der Waals surface area (Å²) in [5, 5.41) is 4.45. The highest BCUT2D eigenvalue weighted by Gasteiger charge is 2.39. The van der Waals surface area contributed by atoms with E-state index in [1.807, 2.05) is 13.8 Å². The number of halogens is 1. The van der Waals surface area contributed by atoms with Gasteiger partial charge >= 0.3 is 0 Å². The van der Waals surface area contributed by atoms with Crippen LogP contribution in [0.1, 0.15) is 26.5 Å². The highest BCUT2D eigenvalue weighted by Crippen LogP contribution is 2.31. The molecule has 0 aliphatic carbocycles. The van der Waals surface area contributed by atoms with E-state index in [9.17, 15) is 0 Å². The van der Waals surface area contributed by atoms with Gasteiger partial charge in [0.05, 0.1) is 18.7 Å². The lowest BCUT2D eigenvalue weighted by atomic mass is 10.1. The van der Waals surface area contributed by atoms with Crippen LogP contribution in [0.15, 0.2) is 17.8 Å². The Morgan fingerprint density at radius 2 is 2.18 bits per heavy atom. The Morgan fingerprint density at radius 1 is 1.32 bits per heavy atom. The molecule has 2 aliphatic rings. The minimum absolute atomic E-state index is 0.187. The lowest BCUT2D eigenvalue weighted by Crippen LogP contribution is -2.26. The molecule has 0 N–H and O–H groups in total. The standard InChI is InChI=1S/C13H14ClN5O3/c1-13(2)20-4-8(21-13)7-3-9(22-18-7)19-6-17-10-11(14)15-5-16-12(10)19/h5-6,8-9H,3-4H2,1-2H3/t8-,9+/m1/s1. The van der Waals surface area contributed by atoms with Crippen LogP contribution < -0.4 is 0 Å². The van der Waals surface area contributed by atoms with Crippen LogP contribution in [-0.2, 0) is 14.3 Å². The van der Waals surface area contributed by atoms with E-state index in [0.717, 1.165) is 5.71 Å². The fourth-order valence-electron chi connectivity index (χ4n) is 2.61. The van der Waals surface area contributed by atoms with Crippen LogP contribution in [0.4, 0.5) is 0 Å². The van der Waals surface area contributed by atoms with Gasteiger partial charge in [0.15, 0.2) is 16.6 Å². The fourth-order valence-corrected chi connectivity index (χ4v) is 2.78. The lowest BCUT2D eigenvalue weighted by molar-refractivity contribution is -0.131. The molecular weight excluding hydrogens is 310 g/mol. The number of hydrogen-bond donors (Lipinski definition) is 0. The van der Waals surface area contributed by atoms with Crippen LogP contribution in [0, 0.1) is 0 Å². The number of oxime groups is 1. The molecule has 2 aromatic rings. The second-order valence-electron chi connectivity index (χ2n) is 5.65. The predicted octanol–water partition coefficient (Wildman–Crippen LogP) is 1.91. The first-order chi connectivity index (χ1) is 10.5. The van der Waals surface area contributed by atoms with Gasteiger partial charge in [-0.25, -0.2) is 15.0 Å². The van der Waals surface area contributed by atoms with Crippen molar-refractivity contribution in [2.45, 2.75) is 38.4 Å². The minimum Gasteiger partial charge on any atom is -0.370 e. The maximum absolute atomic E-state index is 6.01. The molecule has 0 amide bonds. The number of aromatic nitrogens is 4.